The van der Waals surface area contributed by atoms with E-state index < -0.39 is 0 Å². The minimum atomic E-state index is -0.291. The number of ether oxygens (including phenoxy) is 3. The van der Waals surface area contributed by atoms with Crippen LogP contribution in [0.5, 0.6) is 17.2 Å². The van der Waals surface area contributed by atoms with Crippen LogP contribution in [-0.2, 0) is 0 Å². The first kappa shape index (κ1) is 15.2. The molecule has 0 fully saturated rings. The van der Waals surface area contributed by atoms with Gasteiger partial charge < -0.3 is 19.9 Å². The molecular formula is C17H21NO3. The second-order valence-corrected chi connectivity index (χ2v) is 4.84. The van der Waals surface area contributed by atoms with Crippen molar-refractivity contribution < 1.29 is 14.2 Å². The molecule has 0 saturated heterocycles. The Kier molecular flexibility index (Phi) is 4.70. The first-order valence-electron chi connectivity index (χ1n) is 6.72. The Hall–Kier alpha value is -2.20. The maximum absolute atomic E-state index is 6.38. The van der Waals surface area contributed by atoms with Crippen molar-refractivity contribution in [2.24, 2.45) is 5.73 Å². The molecule has 4 heteroatoms. The number of rotatable bonds is 5. The Morgan fingerprint density at radius 3 is 1.86 bits per heavy atom. The van der Waals surface area contributed by atoms with Crippen LogP contribution >= 0.6 is 0 Å². The van der Waals surface area contributed by atoms with Crippen molar-refractivity contribution in [1.82, 2.24) is 0 Å². The third-order valence-electron chi connectivity index (χ3n) is 3.51. The molecule has 0 heterocycles. The molecule has 0 aliphatic rings. The third-order valence-corrected chi connectivity index (χ3v) is 3.51. The summed E-state index contributed by atoms with van der Waals surface area (Å²) >= 11 is 0. The Labute approximate surface area is 125 Å². The first-order chi connectivity index (χ1) is 10.1. The fourth-order valence-corrected chi connectivity index (χ4v) is 2.25. The molecule has 2 aromatic carbocycles. The van der Waals surface area contributed by atoms with Gasteiger partial charge in [-0.2, -0.15) is 0 Å². The fraction of sp³-hybridized carbons (Fsp3) is 0.294. The minimum absolute atomic E-state index is 0.291. The quantitative estimate of drug-likeness (QED) is 0.918. The first-order valence-corrected chi connectivity index (χ1v) is 6.72. The highest BCUT2D eigenvalue weighted by Crippen LogP contribution is 2.38. The second-order valence-electron chi connectivity index (χ2n) is 4.84. The van der Waals surface area contributed by atoms with E-state index in [9.17, 15) is 0 Å². The molecule has 0 saturated carbocycles. The summed E-state index contributed by atoms with van der Waals surface area (Å²) in [6.45, 7) is 2.05. The van der Waals surface area contributed by atoms with Crippen LogP contribution in [0, 0.1) is 6.92 Å². The van der Waals surface area contributed by atoms with Gasteiger partial charge in [0.2, 0.25) is 0 Å². The maximum Gasteiger partial charge on any atom is 0.164 e. The number of aryl methyl sites for hydroxylation is 1. The van der Waals surface area contributed by atoms with Gasteiger partial charge in [0.1, 0.15) is 5.75 Å². The molecule has 0 aliphatic heterocycles. The molecular weight excluding hydrogens is 266 g/mol. The maximum atomic E-state index is 6.38. The lowest BCUT2D eigenvalue weighted by molar-refractivity contribution is 0.347. The van der Waals surface area contributed by atoms with E-state index >= 15 is 0 Å². The Morgan fingerprint density at radius 2 is 1.33 bits per heavy atom. The summed E-state index contributed by atoms with van der Waals surface area (Å²) in [5.41, 5.74) is 9.46. The Balaban J connectivity index is 2.48. The van der Waals surface area contributed by atoms with Crippen molar-refractivity contribution in [1.29, 1.82) is 0 Å². The molecule has 2 rings (SSSR count). The molecule has 0 aliphatic carbocycles. The van der Waals surface area contributed by atoms with Gasteiger partial charge in [-0.15, -0.1) is 0 Å². The summed E-state index contributed by atoms with van der Waals surface area (Å²) in [4.78, 5) is 0. The van der Waals surface area contributed by atoms with Gasteiger partial charge in [-0.05, 0) is 18.6 Å². The largest absolute Gasteiger partial charge is 0.496 e. The topological polar surface area (TPSA) is 53.7 Å². The highest BCUT2D eigenvalue weighted by atomic mass is 16.5. The van der Waals surface area contributed by atoms with Gasteiger partial charge in [0, 0.05) is 11.6 Å². The number of hydrogen-bond donors (Lipinski definition) is 1. The molecule has 0 spiro atoms. The summed E-state index contributed by atoms with van der Waals surface area (Å²) in [6.07, 6.45) is 0. The third kappa shape index (κ3) is 3.11. The van der Waals surface area contributed by atoms with Gasteiger partial charge in [-0.3, -0.25) is 0 Å². The van der Waals surface area contributed by atoms with Gasteiger partial charge in [0.25, 0.3) is 0 Å². The van der Waals surface area contributed by atoms with Crippen LogP contribution in [-0.4, -0.2) is 21.3 Å². The van der Waals surface area contributed by atoms with E-state index in [1.54, 1.807) is 27.4 Å². The standard InChI is InChI=1S/C17H21NO3/c1-11-5-7-12(8-6-11)17(18)13-9-15(20-3)16(21-4)10-14(13)19-2/h5-10,17H,18H2,1-4H3. The molecule has 0 radical (unpaired) electrons. The van der Waals surface area contributed by atoms with Crippen molar-refractivity contribution in [3.05, 3.63) is 53.1 Å². The van der Waals surface area contributed by atoms with Crippen molar-refractivity contribution >= 4 is 0 Å². The predicted molar refractivity (Wildman–Crippen MR) is 83.3 cm³/mol. The normalized spacial score (nSPS) is 11.9. The van der Waals surface area contributed by atoms with Crippen LogP contribution in [0.25, 0.3) is 0 Å². The number of hydrogen-bond acceptors (Lipinski definition) is 4. The zero-order valence-corrected chi connectivity index (χ0v) is 12.8. The van der Waals surface area contributed by atoms with Crippen LogP contribution in [0.3, 0.4) is 0 Å². The summed E-state index contributed by atoms with van der Waals surface area (Å²) in [5, 5.41) is 0. The lowest BCUT2D eigenvalue weighted by Crippen LogP contribution is -2.13. The van der Waals surface area contributed by atoms with E-state index in [-0.39, 0.29) is 6.04 Å². The number of benzene rings is 2. The van der Waals surface area contributed by atoms with Crippen LogP contribution in [0.1, 0.15) is 22.7 Å². The molecule has 21 heavy (non-hydrogen) atoms. The van der Waals surface area contributed by atoms with Crippen LogP contribution < -0.4 is 19.9 Å². The highest BCUT2D eigenvalue weighted by Gasteiger charge is 2.18. The Morgan fingerprint density at radius 1 is 0.810 bits per heavy atom. The predicted octanol–water partition coefficient (Wildman–Crippen LogP) is 3.07. The monoisotopic (exact) mass is 287 g/mol. The van der Waals surface area contributed by atoms with E-state index in [1.807, 2.05) is 37.3 Å². The van der Waals surface area contributed by atoms with Crippen LogP contribution in [0.2, 0.25) is 0 Å². The average molecular weight is 287 g/mol. The molecule has 2 N–H and O–H groups in total. The number of nitrogens with two attached hydrogens (primary N) is 1. The summed E-state index contributed by atoms with van der Waals surface area (Å²) in [6, 6.07) is 11.5. The van der Waals surface area contributed by atoms with E-state index in [1.165, 1.54) is 5.56 Å². The fourth-order valence-electron chi connectivity index (χ4n) is 2.25. The lowest BCUT2D eigenvalue weighted by atomic mass is 9.97. The van der Waals surface area contributed by atoms with Gasteiger partial charge in [-0.25, -0.2) is 0 Å². The van der Waals surface area contributed by atoms with Crippen LogP contribution in [0.4, 0.5) is 0 Å². The SMILES string of the molecule is COc1cc(OC)c(C(N)c2ccc(C)cc2)cc1OC. The molecule has 112 valence electrons. The minimum Gasteiger partial charge on any atom is -0.496 e. The molecule has 1 unspecified atom stereocenters. The van der Waals surface area contributed by atoms with E-state index in [0.29, 0.717) is 17.2 Å². The average Bonchev–Trinajstić information content (AvgIpc) is 2.53. The van der Waals surface area contributed by atoms with E-state index in [4.69, 9.17) is 19.9 Å². The molecule has 0 amide bonds. The zero-order chi connectivity index (χ0) is 15.4. The smallest absolute Gasteiger partial charge is 0.164 e. The molecule has 0 bridgehead atoms. The summed E-state index contributed by atoms with van der Waals surface area (Å²) in [5.74, 6) is 1.94. The molecule has 2 aromatic rings. The lowest BCUT2D eigenvalue weighted by Gasteiger charge is -2.19. The van der Waals surface area contributed by atoms with Gasteiger partial charge in [0.15, 0.2) is 11.5 Å². The van der Waals surface area contributed by atoms with Gasteiger partial charge in [0.05, 0.1) is 27.4 Å². The second kappa shape index (κ2) is 6.50. The van der Waals surface area contributed by atoms with Crippen molar-refractivity contribution in [2.45, 2.75) is 13.0 Å². The van der Waals surface area contributed by atoms with Gasteiger partial charge in [-0.1, -0.05) is 29.8 Å². The Bertz CT molecular complexity index is 608. The molecule has 0 aromatic heterocycles. The zero-order valence-electron chi connectivity index (χ0n) is 12.8. The molecule has 4 nitrogen and oxygen atoms in total. The summed E-state index contributed by atoms with van der Waals surface area (Å²) in [7, 11) is 4.81. The highest BCUT2D eigenvalue weighted by molar-refractivity contribution is 5.53. The van der Waals surface area contributed by atoms with Gasteiger partial charge >= 0.3 is 0 Å². The van der Waals surface area contributed by atoms with Crippen molar-refractivity contribution in [3.63, 3.8) is 0 Å². The van der Waals surface area contributed by atoms with E-state index in [2.05, 4.69) is 0 Å². The number of methoxy groups -OCH3 is 3. The van der Waals surface area contributed by atoms with Crippen molar-refractivity contribution in [2.75, 3.05) is 21.3 Å². The van der Waals surface area contributed by atoms with Crippen LogP contribution in [0.15, 0.2) is 36.4 Å². The van der Waals surface area contributed by atoms with Crippen molar-refractivity contribution in [3.8, 4) is 17.2 Å². The molecule has 1 atom stereocenters. The van der Waals surface area contributed by atoms with E-state index in [0.717, 1.165) is 11.1 Å². The summed E-state index contributed by atoms with van der Waals surface area (Å²) < 4.78 is 16.1.